The highest BCUT2D eigenvalue weighted by atomic mass is 32.2. The maximum Gasteiger partial charge on any atom is 0.324 e. The first-order valence-corrected chi connectivity index (χ1v) is 12.5. The van der Waals surface area contributed by atoms with Gasteiger partial charge in [0.15, 0.2) is 11.6 Å². The largest absolute Gasteiger partial charge is 0.488 e. The monoisotopic (exact) mass is 483 g/mol. The van der Waals surface area contributed by atoms with E-state index in [1.165, 1.54) is 23.1 Å². The smallest absolute Gasteiger partial charge is 0.324 e. The Hall–Kier alpha value is -2.50. The van der Waals surface area contributed by atoms with E-state index in [4.69, 9.17) is 4.74 Å². The number of imide groups is 1. The van der Waals surface area contributed by atoms with Gasteiger partial charge in [-0.2, -0.15) is 0 Å². The van der Waals surface area contributed by atoms with E-state index in [1.807, 2.05) is 0 Å². The molecule has 0 radical (unpaired) electrons. The van der Waals surface area contributed by atoms with Crippen molar-refractivity contribution in [2.24, 2.45) is 0 Å². The van der Waals surface area contributed by atoms with Crippen LogP contribution in [0.5, 0.6) is 5.75 Å². The Morgan fingerprint density at radius 2 is 2.03 bits per heavy atom. The first-order chi connectivity index (χ1) is 15.4. The number of nitrogens with one attached hydrogen (secondary N) is 2. The lowest BCUT2D eigenvalue weighted by Gasteiger charge is -2.25. The third-order valence-corrected chi connectivity index (χ3v) is 6.83. The van der Waals surface area contributed by atoms with Gasteiger partial charge in [-0.25, -0.2) is 22.3 Å². The number of amides is 3. The van der Waals surface area contributed by atoms with E-state index in [2.05, 4.69) is 10.0 Å². The summed E-state index contributed by atoms with van der Waals surface area (Å²) in [5.74, 6) is -1.06. The molecule has 0 atom stereocenters. The van der Waals surface area contributed by atoms with E-state index in [0.717, 1.165) is 0 Å². The summed E-state index contributed by atoms with van der Waals surface area (Å²) < 4.78 is 47.5. The van der Waals surface area contributed by atoms with E-state index in [1.54, 1.807) is 26.0 Å². The molecular weight excluding hydrogens is 453 g/mol. The van der Waals surface area contributed by atoms with Crippen LogP contribution in [0.4, 0.5) is 9.18 Å². The topological polar surface area (TPSA) is 125 Å². The number of halogens is 1. The van der Waals surface area contributed by atoms with Crippen LogP contribution in [0.15, 0.2) is 30.4 Å². The minimum atomic E-state index is -3.62. The summed E-state index contributed by atoms with van der Waals surface area (Å²) in [6.45, 7) is 3.60. The molecule has 1 aliphatic heterocycles. The Morgan fingerprint density at radius 1 is 1.30 bits per heavy atom. The van der Waals surface area contributed by atoms with Gasteiger partial charge >= 0.3 is 6.03 Å². The van der Waals surface area contributed by atoms with Gasteiger partial charge in [-0.1, -0.05) is 18.2 Å². The van der Waals surface area contributed by atoms with E-state index in [-0.39, 0.29) is 36.9 Å². The molecule has 0 aromatic heterocycles. The van der Waals surface area contributed by atoms with Gasteiger partial charge in [0, 0.05) is 19.5 Å². The fourth-order valence-corrected chi connectivity index (χ4v) is 4.87. The van der Waals surface area contributed by atoms with Crippen LogP contribution < -0.4 is 14.8 Å². The molecule has 182 valence electrons. The number of rotatable bonds is 11. The van der Waals surface area contributed by atoms with Gasteiger partial charge in [0.25, 0.3) is 0 Å². The van der Waals surface area contributed by atoms with Gasteiger partial charge in [-0.15, -0.1) is 0 Å². The molecule has 1 aliphatic carbocycles. The van der Waals surface area contributed by atoms with Crippen LogP contribution in [-0.2, 0) is 20.4 Å². The summed E-state index contributed by atoms with van der Waals surface area (Å²) in [5.41, 5.74) is -1.31. The predicted molar refractivity (Wildman–Crippen MR) is 120 cm³/mol. The second kappa shape index (κ2) is 9.78. The first kappa shape index (κ1) is 25.1. The third-order valence-electron chi connectivity index (χ3n) is 5.35. The Labute approximate surface area is 193 Å². The summed E-state index contributed by atoms with van der Waals surface area (Å²) >= 11 is 0. The molecule has 3 N–H and O–H groups in total. The van der Waals surface area contributed by atoms with Crippen molar-refractivity contribution in [2.45, 2.75) is 50.7 Å². The number of nitrogens with zero attached hydrogens (tertiary/aromatic N) is 1. The fourth-order valence-electron chi connectivity index (χ4n) is 3.41. The van der Waals surface area contributed by atoms with Gasteiger partial charge in [-0.3, -0.25) is 10.1 Å². The molecule has 1 aromatic carbocycles. The number of benzene rings is 1. The zero-order chi connectivity index (χ0) is 24.3. The minimum Gasteiger partial charge on any atom is -0.488 e. The molecule has 2 fully saturated rings. The van der Waals surface area contributed by atoms with Crippen LogP contribution in [0, 0.1) is 5.82 Å². The standard InChI is InChI=1S/C22H30FN3O6S/c1-21(2,29)15-32-18-14-16(6-7-17(18)23)22(9-10-22)25-33(30,31)13-5-3-4-11-26-12-8-19(27)24-20(26)28/h3-4,6-7,14,25,29H,5,8-13,15H2,1-2H3,(H,24,27,28)/b4-3+. The number of hydrogen-bond acceptors (Lipinski definition) is 6. The number of ether oxygens (including phenoxy) is 1. The van der Waals surface area contributed by atoms with E-state index >= 15 is 0 Å². The minimum absolute atomic E-state index is 0.0357. The Morgan fingerprint density at radius 3 is 2.67 bits per heavy atom. The summed E-state index contributed by atoms with van der Waals surface area (Å²) in [4.78, 5) is 24.3. The number of hydrogen-bond donors (Lipinski definition) is 3. The lowest BCUT2D eigenvalue weighted by Crippen LogP contribution is -2.49. The van der Waals surface area contributed by atoms with Crippen LogP contribution in [0.25, 0.3) is 0 Å². The van der Waals surface area contributed by atoms with Gasteiger partial charge < -0.3 is 14.7 Å². The molecular formula is C22H30FN3O6S. The molecule has 1 saturated heterocycles. The maximum atomic E-state index is 14.1. The normalized spacial score (nSPS) is 18.5. The van der Waals surface area contributed by atoms with Gasteiger partial charge in [0.05, 0.1) is 16.9 Å². The van der Waals surface area contributed by atoms with E-state index in [9.17, 15) is 27.5 Å². The van der Waals surface area contributed by atoms with Crippen molar-refractivity contribution in [1.29, 1.82) is 0 Å². The van der Waals surface area contributed by atoms with Crippen molar-refractivity contribution in [3.63, 3.8) is 0 Å². The first-order valence-electron chi connectivity index (χ1n) is 10.8. The summed E-state index contributed by atoms with van der Waals surface area (Å²) in [6.07, 6.45) is 5.05. The Kier molecular flexibility index (Phi) is 7.45. The zero-order valence-electron chi connectivity index (χ0n) is 18.8. The van der Waals surface area contributed by atoms with E-state index in [0.29, 0.717) is 31.5 Å². The molecule has 3 rings (SSSR count). The fraction of sp³-hybridized carbons (Fsp3) is 0.545. The molecule has 1 heterocycles. The Bertz CT molecular complexity index is 1030. The molecule has 0 spiro atoms. The molecule has 0 unspecified atom stereocenters. The van der Waals surface area contributed by atoms with Crippen molar-refractivity contribution < 1.29 is 32.2 Å². The van der Waals surface area contributed by atoms with Crippen LogP contribution in [0.2, 0.25) is 0 Å². The number of sulfonamides is 1. The molecule has 9 nitrogen and oxygen atoms in total. The SMILES string of the molecule is CC(C)(O)COc1cc(C2(NS(=O)(=O)CC/C=C/CN3CCC(=O)NC3=O)CC2)ccc1F. The molecule has 1 saturated carbocycles. The second-order valence-electron chi connectivity index (χ2n) is 9.06. The predicted octanol–water partition coefficient (Wildman–Crippen LogP) is 1.77. The van der Waals surface area contributed by atoms with Crippen molar-refractivity contribution in [3.05, 3.63) is 41.7 Å². The number of aliphatic hydroxyl groups is 1. The van der Waals surface area contributed by atoms with Crippen molar-refractivity contribution in [2.75, 3.05) is 25.4 Å². The second-order valence-corrected chi connectivity index (χ2v) is 10.9. The van der Waals surface area contributed by atoms with Crippen LogP contribution in [-0.4, -0.2) is 61.4 Å². The lowest BCUT2D eigenvalue weighted by molar-refractivity contribution is -0.121. The summed E-state index contributed by atoms with van der Waals surface area (Å²) in [5, 5.41) is 12.0. The molecule has 0 bridgehead atoms. The van der Waals surface area contributed by atoms with Crippen LogP contribution >= 0.6 is 0 Å². The number of urea groups is 1. The highest BCUT2D eigenvalue weighted by Gasteiger charge is 2.47. The average Bonchev–Trinajstić information content (AvgIpc) is 3.47. The van der Waals surface area contributed by atoms with Gasteiger partial charge in [0.1, 0.15) is 6.61 Å². The molecule has 3 amide bonds. The molecule has 1 aromatic rings. The molecule has 2 aliphatic rings. The molecule has 33 heavy (non-hydrogen) atoms. The summed E-state index contributed by atoms with van der Waals surface area (Å²) in [6, 6.07) is 3.79. The lowest BCUT2D eigenvalue weighted by atomic mass is 10.1. The van der Waals surface area contributed by atoms with Gasteiger partial charge in [-0.05, 0) is 50.8 Å². The van der Waals surface area contributed by atoms with Crippen molar-refractivity contribution in [1.82, 2.24) is 14.9 Å². The third kappa shape index (κ3) is 7.24. The average molecular weight is 484 g/mol. The highest BCUT2D eigenvalue weighted by Crippen LogP contribution is 2.47. The van der Waals surface area contributed by atoms with E-state index < -0.39 is 33.0 Å². The molecule has 11 heteroatoms. The highest BCUT2D eigenvalue weighted by molar-refractivity contribution is 7.89. The zero-order valence-corrected chi connectivity index (χ0v) is 19.6. The quantitative estimate of drug-likeness (QED) is 0.412. The Balaban J connectivity index is 1.54. The number of carbonyl (C=O) groups is 2. The maximum absolute atomic E-state index is 14.1. The number of carbonyl (C=O) groups excluding carboxylic acids is 2. The van der Waals surface area contributed by atoms with Crippen LogP contribution in [0.1, 0.15) is 45.1 Å². The van der Waals surface area contributed by atoms with Crippen molar-refractivity contribution >= 4 is 22.0 Å². The van der Waals surface area contributed by atoms with Crippen LogP contribution in [0.3, 0.4) is 0 Å². The van der Waals surface area contributed by atoms with Crippen molar-refractivity contribution in [3.8, 4) is 5.75 Å². The summed E-state index contributed by atoms with van der Waals surface area (Å²) in [7, 11) is -3.62. The number of allylic oxidation sites excluding steroid dienone is 1. The van der Waals surface area contributed by atoms with Gasteiger partial charge in [0.2, 0.25) is 15.9 Å².